The molecule has 0 aliphatic carbocycles. The summed E-state index contributed by atoms with van der Waals surface area (Å²) in [5.41, 5.74) is 1.30. The number of thiazole rings is 1. The summed E-state index contributed by atoms with van der Waals surface area (Å²) in [7, 11) is 1.92. The number of ether oxygens (including phenoxy) is 2. The third-order valence-electron chi connectivity index (χ3n) is 9.58. The van der Waals surface area contributed by atoms with Crippen molar-refractivity contribution in [1.29, 1.82) is 0 Å². The fourth-order valence-corrected chi connectivity index (χ4v) is 7.19. The van der Waals surface area contributed by atoms with E-state index < -0.39 is 30.1 Å². The number of nitrogens with zero attached hydrogens (tertiary/aromatic N) is 3. The summed E-state index contributed by atoms with van der Waals surface area (Å²) in [6, 6.07) is 8.01. The molecule has 52 heavy (non-hydrogen) atoms. The van der Waals surface area contributed by atoms with Crippen LogP contribution in [0.3, 0.4) is 0 Å². The van der Waals surface area contributed by atoms with Crippen LogP contribution in [0, 0.1) is 17.8 Å². The summed E-state index contributed by atoms with van der Waals surface area (Å²) >= 11 is 1.20. The first kappa shape index (κ1) is 42.6. The van der Waals surface area contributed by atoms with E-state index in [2.05, 4.69) is 15.6 Å². The van der Waals surface area contributed by atoms with Crippen molar-refractivity contribution in [3.8, 4) is 0 Å². The Morgan fingerprint density at radius 3 is 2.38 bits per heavy atom. The van der Waals surface area contributed by atoms with Gasteiger partial charge in [-0.1, -0.05) is 84.7 Å². The van der Waals surface area contributed by atoms with Crippen LogP contribution in [0.25, 0.3) is 0 Å². The number of nitrogens with one attached hydrogen (secondary N) is 2. The van der Waals surface area contributed by atoms with Crippen LogP contribution < -0.4 is 10.6 Å². The van der Waals surface area contributed by atoms with Crippen LogP contribution in [0.1, 0.15) is 114 Å². The highest BCUT2D eigenvalue weighted by atomic mass is 32.1. The summed E-state index contributed by atoms with van der Waals surface area (Å²) in [4.78, 5) is 74.7. The smallest absolute Gasteiger partial charge is 0.307 e. The van der Waals surface area contributed by atoms with E-state index in [1.165, 1.54) is 23.2 Å². The lowest BCUT2D eigenvalue weighted by Crippen LogP contribution is -2.59. The molecule has 2 heterocycles. The number of piperidine rings is 1. The molecule has 0 radical (unpaired) electrons. The van der Waals surface area contributed by atoms with Crippen molar-refractivity contribution in [2.24, 2.45) is 17.8 Å². The van der Waals surface area contributed by atoms with Crippen molar-refractivity contribution < 1.29 is 33.4 Å². The number of carbonyl (C=O) groups is 5. The lowest BCUT2D eigenvalue weighted by atomic mass is 9.92. The zero-order chi connectivity index (χ0) is 38.4. The molecule has 3 amide bonds. The number of aromatic nitrogens is 1. The molecule has 12 nitrogen and oxygen atoms in total. The van der Waals surface area contributed by atoms with Gasteiger partial charge in [0.05, 0.1) is 6.04 Å². The summed E-state index contributed by atoms with van der Waals surface area (Å²) < 4.78 is 11.5. The molecule has 1 aromatic heterocycles. The van der Waals surface area contributed by atoms with Gasteiger partial charge >= 0.3 is 11.9 Å². The average molecular weight is 742 g/mol. The lowest BCUT2D eigenvalue weighted by molar-refractivity contribution is -0.160. The number of rotatable bonds is 19. The van der Waals surface area contributed by atoms with Crippen LogP contribution in [0.5, 0.6) is 0 Å². The predicted molar refractivity (Wildman–Crippen MR) is 201 cm³/mol. The van der Waals surface area contributed by atoms with Crippen LogP contribution in [0.2, 0.25) is 0 Å². The van der Waals surface area contributed by atoms with Crippen molar-refractivity contribution in [1.82, 2.24) is 25.4 Å². The molecule has 5 atom stereocenters. The molecule has 1 fully saturated rings. The van der Waals surface area contributed by atoms with Crippen LogP contribution in [0.4, 0.5) is 0 Å². The Morgan fingerprint density at radius 1 is 1.06 bits per heavy atom. The van der Waals surface area contributed by atoms with E-state index in [-0.39, 0.29) is 66.8 Å². The van der Waals surface area contributed by atoms with Gasteiger partial charge in [0.2, 0.25) is 11.8 Å². The summed E-state index contributed by atoms with van der Waals surface area (Å²) in [6.45, 7) is 13.8. The summed E-state index contributed by atoms with van der Waals surface area (Å²) in [5, 5.41) is 8.01. The highest BCUT2D eigenvalue weighted by Crippen LogP contribution is 2.32. The number of likely N-dealkylation sites (tertiary alicyclic amines) is 1. The van der Waals surface area contributed by atoms with Crippen molar-refractivity contribution in [2.75, 3.05) is 26.9 Å². The first-order valence-corrected chi connectivity index (χ1v) is 19.5. The molecule has 288 valence electrons. The maximum Gasteiger partial charge on any atom is 0.307 e. The monoisotopic (exact) mass is 741 g/mol. The molecule has 0 saturated carbocycles. The second-order valence-electron chi connectivity index (χ2n) is 14.6. The van der Waals surface area contributed by atoms with Crippen molar-refractivity contribution in [3.05, 3.63) is 52.0 Å². The molecule has 1 aromatic carbocycles. The van der Waals surface area contributed by atoms with E-state index in [1.54, 1.807) is 5.38 Å². The Hall–Kier alpha value is -3.84. The Balaban J connectivity index is 1.90. The minimum absolute atomic E-state index is 0.0557. The Labute approximate surface area is 313 Å². The molecule has 3 rings (SSSR count). The van der Waals surface area contributed by atoms with E-state index in [0.717, 1.165) is 24.9 Å². The van der Waals surface area contributed by atoms with Gasteiger partial charge in [-0.3, -0.25) is 28.9 Å². The number of esters is 2. The van der Waals surface area contributed by atoms with E-state index >= 15 is 0 Å². The number of hydrogen-bond acceptors (Lipinski definition) is 10. The number of likely N-dealkylation sites (N-methyl/N-ethyl adjacent to an activating group) is 1. The van der Waals surface area contributed by atoms with E-state index in [1.807, 2.05) is 83.8 Å². The number of benzene rings is 1. The first-order valence-electron chi connectivity index (χ1n) is 18.6. The summed E-state index contributed by atoms with van der Waals surface area (Å²) in [6.07, 6.45) is 3.35. The van der Waals surface area contributed by atoms with Crippen molar-refractivity contribution in [2.45, 2.75) is 118 Å². The Morgan fingerprint density at radius 2 is 1.77 bits per heavy atom. The van der Waals surface area contributed by atoms with Crippen LogP contribution >= 0.6 is 11.3 Å². The fraction of sp³-hybridized carbons (Fsp3) is 0.641. The zero-order valence-corrected chi connectivity index (χ0v) is 33.0. The lowest BCUT2D eigenvalue weighted by Gasteiger charge is -2.39. The standard InChI is InChI=1S/C39H59N5O7S/c1-9-27(6)35(42-37(48)31-17-13-14-20-43(31)8)39(49)44(24-50-34(46)21-25(2)3)32(26(4)5)22-33(51-28(7)45)38-41-30(23-52-38)36(47)40-19-18-29-15-11-10-12-16-29/h10-12,15-16,23,25-27,31-33,35H,9,13-14,17-22,24H2,1-8H3,(H,40,47)(H,42,48)/t27-,31+,32+,33?,35-/m0/s1. The normalized spacial score (nSPS) is 17.2. The van der Waals surface area contributed by atoms with Gasteiger partial charge in [0.1, 0.15) is 16.7 Å². The largest absolute Gasteiger partial charge is 0.455 e. The Bertz CT molecular complexity index is 1470. The van der Waals surface area contributed by atoms with Crippen molar-refractivity contribution >= 4 is 41.0 Å². The molecule has 0 spiro atoms. The highest BCUT2D eigenvalue weighted by molar-refractivity contribution is 7.09. The molecule has 2 N–H and O–H groups in total. The third-order valence-corrected chi connectivity index (χ3v) is 10.5. The van der Waals surface area contributed by atoms with Gasteiger partial charge < -0.3 is 25.0 Å². The second kappa shape index (κ2) is 21.0. The molecule has 1 saturated heterocycles. The summed E-state index contributed by atoms with van der Waals surface area (Å²) in [5.74, 6) is -2.26. The van der Waals surface area contributed by atoms with Crippen LogP contribution in [-0.2, 0) is 35.1 Å². The molecule has 13 heteroatoms. The number of carbonyl (C=O) groups excluding carboxylic acids is 5. The van der Waals surface area contributed by atoms with Gasteiger partial charge in [-0.05, 0) is 56.2 Å². The quantitative estimate of drug-likeness (QED) is 0.140. The molecular weight excluding hydrogens is 683 g/mol. The third kappa shape index (κ3) is 13.0. The highest BCUT2D eigenvalue weighted by Gasteiger charge is 2.39. The molecule has 1 aliphatic heterocycles. The number of hydrogen-bond donors (Lipinski definition) is 2. The molecular formula is C39H59N5O7S. The maximum atomic E-state index is 14.7. The first-order chi connectivity index (χ1) is 24.7. The second-order valence-corrected chi connectivity index (χ2v) is 15.5. The van der Waals surface area contributed by atoms with Crippen LogP contribution in [0.15, 0.2) is 35.7 Å². The molecule has 1 aliphatic rings. The van der Waals surface area contributed by atoms with E-state index in [9.17, 15) is 24.0 Å². The minimum atomic E-state index is -0.894. The predicted octanol–water partition coefficient (Wildman–Crippen LogP) is 5.53. The van der Waals surface area contributed by atoms with Gasteiger partial charge in [-0.15, -0.1) is 11.3 Å². The van der Waals surface area contributed by atoms with Gasteiger partial charge in [0.15, 0.2) is 12.8 Å². The minimum Gasteiger partial charge on any atom is -0.455 e. The number of amides is 3. The van der Waals surface area contributed by atoms with E-state index in [0.29, 0.717) is 30.8 Å². The molecule has 0 bridgehead atoms. The average Bonchev–Trinajstić information content (AvgIpc) is 3.60. The Kier molecular flexibility index (Phi) is 17.2. The zero-order valence-electron chi connectivity index (χ0n) is 32.2. The maximum absolute atomic E-state index is 14.7. The van der Waals surface area contributed by atoms with Gasteiger partial charge in [-0.25, -0.2) is 4.98 Å². The van der Waals surface area contributed by atoms with E-state index in [4.69, 9.17) is 9.47 Å². The van der Waals surface area contributed by atoms with Gasteiger partial charge in [0.25, 0.3) is 5.91 Å². The van der Waals surface area contributed by atoms with Gasteiger partial charge in [-0.2, -0.15) is 0 Å². The topological polar surface area (TPSA) is 147 Å². The SMILES string of the molecule is CC[C@H](C)[C@H](NC(=O)[C@H]1CCCCN1C)C(=O)N(COC(=O)CC(C)C)[C@H](CC(OC(C)=O)c1nc(C(=O)NCCc2ccccc2)cs1)C(C)C. The van der Waals surface area contributed by atoms with Gasteiger partial charge in [0, 0.05) is 37.7 Å². The fourth-order valence-electron chi connectivity index (χ4n) is 6.35. The van der Waals surface area contributed by atoms with Crippen molar-refractivity contribution in [3.63, 3.8) is 0 Å². The molecule has 1 unspecified atom stereocenters. The molecule has 2 aromatic rings. The van der Waals surface area contributed by atoms with Crippen LogP contribution in [-0.4, -0.2) is 89.4 Å².